The molecule has 0 bridgehead atoms. The number of unbranched alkanes of at least 4 members (excludes halogenated alkanes) is 1. The summed E-state index contributed by atoms with van der Waals surface area (Å²) in [4.78, 5) is 62.6. The van der Waals surface area contributed by atoms with E-state index in [2.05, 4.69) is 34.1 Å². The Morgan fingerprint density at radius 1 is 0.789 bits per heavy atom. The Kier molecular flexibility index (Phi) is 14.6. The number of piperidine rings is 2. The molecule has 2 saturated heterocycles. The Morgan fingerprint density at radius 2 is 1.40 bits per heavy atom. The zero-order valence-electron chi connectivity index (χ0n) is 32.9. The minimum atomic E-state index is -1.68. The van der Waals surface area contributed by atoms with E-state index in [0.717, 1.165) is 87.5 Å². The van der Waals surface area contributed by atoms with Crippen molar-refractivity contribution in [2.24, 2.45) is 0 Å². The van der Waals surface area contributed by atoms with Crippen LogP contribution in [0.1, 0.15) is 93.1 Å². The molecule has 2 atom stereocenters. The average molecular weight is 794 g/mol. The number of hydrogen-bond acceptors (Lipinski definition) is 11. The van der Waals surface area contributed by atoms with Crippen LogP contribution in [0, 0.1) is 0 Å². The van der Waals surface area contributed by atoms with Gasteiger partial charge in [0.25, 0.3) is 0 Å². The highest BCUT2D eigenvalue weighted by molar-refractivity contribution is 5.76. The number of carboxylic acids is 2. The van der Waals surface area contributed by atoms with Crippen molar-refractivity contribution in [1.29, 1.82) is 0 Å². The van der Waals surface area contributed by atoms with Crippen LogP contribution in [0.5, 0.6) is 0 Å². The van der Waals surface area contributed by atoms with Gasteiger partial charge in [-0.05, 0) is 100 Å². The smallest absolute Gasteiger partial charge is 0.317 e. The highest BCUT2D eigenvalue weighted by Crippen LogP contribution is 2.32. The largest absolute Gasteiger partial charge is 0.481 e. The molecule has 6 N–H and O–H groups in total. The van der Waals surface area contributed by atoms with Crippen LogP contribution in [-0.2, 0) is 49.5 Å². The third kappa shape index (κ3) is 11.8. The number of nitrogens with zero attached hydrogens (tertiary/aromatic N) is 4. The molecule has 0 aromatic carbocycles. The lowest BCUT2D eigenvalue weighted by Crippen LogP contribution is -2.58. The number of pyridine rings is 2. The van der Waals surface area contributed by atoms with E-state index >= 15 is 0 Å². The summed E-state index contributed by atoms with van der Waals surface area (Å²) in [5.41, 5.74) is 1.74. The molecule has 4 aliphatic heterocycles. The first-order chi connectivity index (χ1) is 27.5. The number of carbonyl (C=O) groups is 4. The fraction of sp³-hybridized carbons (Fsp3) is 0.659. The number of likely N-dealkylation sites (tertiary alicyclic amines) is 2. The predicted octanol–water partition coefficient (Wildman–Crippen LogP) is 3.40. The van der Waals surface area contributed by atoms with Crippen LogP contribution < -0.4 is 16.0 Å². The van der Waals surface area contributed by atoms with Gasteiger partial charge in [-0.1, -0.05) is 12.1 Å². The van der Waals surface area contributed by atoms with Crippen molar-refractivity contribution in [3.63, 3.8) is 0 Å². The van der Waals surface area contributed by atoms with E-state index in [1.165, 1.54) is 11.1 Å². The molecule has 16 nitrogen and oxygen atoms in total. The molecule has 6 heterocycles. The molecule has 312 valence electrons. The molecule has 4 aliphatic rings. The van der Waals surface area contributed by atoms with Crippen LogP contribution in [0.15, 0.2) is 24.3 Å². The Labute approximate surface area is 334 Å². The second-order valence-corrected chi connectivity index (χ2v) is 15.9. The van der Waals surface area contributed by atoms with Crippen molar-refractivity contribution in [3.05, 3.63) is 46.8 Å². The fourth-order valence-corrected chi connectivity index (χ4v) is 8.40. The molecular weight excluding hydrogens is 734 g/mol. The summed E-state index contributed by atoms with van der Waals surface area (Å²) in [7, 11) is 0. The Morgan fingerprint density at radius 3 is 2.04 bits per heavy atom. The monoisotopic (exact) mass is 793 g/mol. The topological polar surface area (TPSA) is 216 Å². The van der Waals surface area contributed by atoms with Crippen LogP contribution in [0.4, 0.5) is 16.4 Å². The number of nitrogens with one attached hydrogen (secondary N) is 3. The first-order valence-corrected chi connectivity index (χ1v) is 20.7. The summed E-state index contributed by atoms with van der Waals surface area (Å²) >= 11 is 0. The SMILES string of the molecule is O=C(O)CC1(OCCOC2CN(C(=O)CCCCc3ccc4c(n3)NCCC4)CC[C@@]2(O)CC(=O)O)CCN(C(=O)NCCCc2ccc3c(n2)NCCC3)CC1. The van der Waals surface area contributed by atoms with E-state index < -0.39 is 35.7 Å². The third-order valence-corrected chi connectivity index (χ3v) is 11.7. The quantitative estimate of drug-likeness (QED) is 0.120. The number of hydrogen-bond donors (Lipinski definition) is 6. The van der Waals surface area contributed by atoms with E-state index in [4.69, 9.17) is 19.4 Å². The summed E-state index contributed by atoms with van der Waals surface area (Å²) in [6.07, 6.45) is 7.18. The van der Waals surface area contributed by atoms with Gasteiger partial charge in [-0.2, -0.15) is 0 Å². The van der Waals surface area contributed by atoms with Crippen LogP contribution in [0.2, 0.25) is 0 Å². The molecule has 0 radical (unpaired) electrons. The van der Waals surface area contributed by atoms with Gasteiger partial charge in [0.15, 0.2) is 0 Å². The molecule has 3 amide bonds. The second-order valence-electron chi connectivity index (χ2n) is 15.9. The van der Waals surface area contributed by atoms with Gasteiger partial charge < -0.3 is 50.5 Å². The summed E-state index contributed by atoms with van der Waals surface area (Å²) in [5, 5.41) is 40.4. The van der Waals surface area contributed by atoms with Gasteiger partial charge in [0.1, 0.15) is 23.3 Å². The molecule has 2 aromatic rings. The maximum Gasteiger partial charge on any atom is 0.317 e. The van der Waals surface area contributed by atoms with Crippen molar-refractivity contribution in [3.8, 4) is 0 Å². The van der Waals surface area contributed by atoms with Crippen LogP contribution >= 0.6 is 0 Å². The van der Waals surface area contributed by atoms with Gasteiger partial charge in [0.2, 0.25) is 5.91 Å². The number of carbonyl (C=O) groups excluding carboxylic acids is 2. The minimum Gasteiger partial charge on any atom is -0.481 e. The Bertz CT molecular complexity index is 1720. The van der Waals surface area contributed by atoms with Crippen molar-refractivity contribution in [2.75, 3.05) is 69.7 Å². The normalized spacial score (nSPS) is 21.4. The molecule has 0 spiro atoms. The number of carboxylic acid groups (broad SMARTS) is 2. The molecule has 1 unspecified atom stereocenters. The van der Waals surface area contributed by atoms with Crippen molar-refractivity contribution in [2.45, 2.75) is 114 Å². The number of fused-ring (bicyclic) bond motifs is 2. The van der Waals surface area contributed by atoms with E-state index in [0.29, 0.717) is 45.3 Å². The number of aryl methyl sites for hydroxylation is 4. The molecule has 57 heavy (non-hydrogen) atoms. The summed E-state index contributed by atoms with van der Waals surface area (Å²) in [6, 6.07) is 8.13. The standard InChI is InChI=1S/C41H59N7O9/c49-34(10-2-1-8-31-13-11-29-6-3-18-42-37(29)45-31)48-23-17-41(55,27-36(52)53)33(28-48)56-24-25-57-40(26-35(50)51)15-21-47(22-16-40)39(54)44-20-5-9-32-14-12-30-7-4-19-43-38(30)46-32/h11-14,33,55H,1-10,15-28H2,(H,42,45)(H,43,46)(H,44,54)(H,50,51)(H,52,53)/t33?,41-/m1/s1. The number of urea groups is 1. The summed E-state index contributed by atoms with van der Waals surface area (Å²) in [6.45, 7) is 3.17. The van der Waals surface area contributed by atoms with Gasteiger partial charge in [0.05, 0.1) is 31.7 Å². The zero-order valence-corrected chi connectivity index (χ0v) is 32.9. The number of aliphatic hydroxyl groups is 1. The van der Waals surface area contributed by atoms with Crippen molar-refractivity contribution < 1.29 is 44.0 Å². The maximum absolute atomic E-state index is 13.2. The van der Waals surface area contributed by atoms with Crippen LogP contribution in [0.3, 0.4) is 0 Å². The lowest BCUT2D eigenvalue weighted by Gasteiger charge is -2.44. The van der Waals surface area contributed by atoms with Crippen molar-refractivity contribution >= 4 is 35.5 Å². The van der Waals surface area contributed by atoms with E-state index in [1.807, 2.05) is 6.07 Å². The number of aliphatic carboxylic acids is 2. The Hall–Kier alpha value is -4.54. The zero-order chi connectivity index (χ0) is 40.3. The molecular formula is C41H59N7O9. The highest BCUT2D eigenvalue weighted by atomic mass is 16.5. The Balaban J connectivity index is 0.928. The average Bonchev–Trinajstić information content (AvgIpc) is 3.20. The summed E-state index contributed by atoms with van der Waals surface area (Å²) < 4.78 is 12.2. The number of aromatic nitrogens is 2. The number of anilines is 2. The molecule has 2 aromatic heterocycles. The molecule has 16 heteroatoms. The molecule has 6 rings (SSSR count). The summed E-state index contributed by atoms with van der Waals surface area (Å²) in [5.74, 6) is -0.370. The first-order valence-electron chi connectivity index (χ1n) is 20.7. The fourth-order valence-electron chi connectivity index (χ4n) is 8.40. The molecule has 0 saturated carbocycles. The highest BCUT2D eigenvalue weighted by Gasteiger charge is 2.45. The van der Waals surface area contributed by atoms with Gasteiger partial charge >= 0.3 is 18.0 Å². The third-order valence-electron chi connectivity index (χ3n) is 11.7. The molecule has 2 fully saturated rings. The lowest BCUT2D eigenvalue weighted by atomic mass is 9.85. The lowest BCUT2D eigenvalue weighted by molar-refractivity contribution is -0.180. The van der Waals surface area contributed by atoms with Gasteiger partial charge in [-0.25, -0.2) is 14.8 Å². The maximum atomic E-state index is 13.2. The second kappa shape index (κ2) is 19.7. The van der Waals surface area contributed by atoms with E-state index in [-0.39, 0.29) is 51.1 Å². The number of amides is 3. The van der Waals surface area contributed by atoms with E-state index in [9.17, 15) is 34.5 Å². The number of rotatable bonds is 18. The minimum absolute atomic E-state index is 0.00836. The van der Waals surface area contributed by atoms with Crippen molar-refractivity contribution in [1.82, 2.24) is 25.1 Å². The van der Waals surface area contributed by atoms with Gasteiger partial charge in [-0.15, -0.1) is 0 Å². The molecule has 0 aliphatic carbocycles. The predicted molar refractivity (Wildman–Crippen MR) is 211 cm³/mol. The van der Waals surface area contributed by atoms with Crippen LogP contribution in [0.25, 0.3) is 0 Å². The first kappa shape index (κ1) is 42.1. The van der Waals surface area contributed by atoms with E-state index in [1.54, 1.807) is 9.80 Å². The van der Waals surface area contributed by atoms with Gasteiger partial charge in [-0.3, -0.25) is 14.4 Å². The van der Waals surface area contributed by atoms with Crippen LogP contribution in [-0.4, -0.2) is 135 Å². The van der Waals surface area contributed by atoms with Gasteiger partial charge in [0, 0.05) is 63.6 Å². The number of ether oxygens (including phenoxy) is 2.